The van der Waals surface area contributed by atoms with Crippen LogP contribution in [0.4, 0.5) is 10.1 Å². The zero-order valence-corrected chi connectivity index (χ0v) is 22.4. The highest BCUT2D eigenvalue weighted by Crippen LogP contribution is 2.36. The van der Waals surface area contributed by atoms with Gasteiger partial charge in [0.25, 0.3) is 5.91 Å². The summed E-state index contributed by atoms with van der Waals surface area (Å²) in [5.41, 5.74) is 1.79. The maximum atomic E-state index is 14.9. The van der Waals surface area contributed by atoms with Crippen LogP contribution in [0.1, 0.15) is 15.2 Å². The summed E-state index contributed by atoms with van der Waals surface area (Å²) in [5.74, 6) is -0.730. The summed E-state index contributed by atoms with van der Waals surface area (Å²) in [4.78, 5) is 31.5. The van der Waals surface area contributed by atoms with Crippen molar-refractivity contribution >= 4 is 56.4 Å². The van der Waals surface area contributed by atoms with Crippen LogP contribution in [0.15, 0.2) is 66.9 Å². The normalized spacial score (nSPS) is 10.8. The average Bonchev–Trinajstić information content (AvgIpc) is 3.31. The number of halogens is 1. The molecule has 3 N–H and O–H groups in total. The van der Waals surface area contributed by atoms with E-state index in [0.29, 0.717) is 33.1 Å². The standard InChI is InChI=1S/C27H26FN5O3S2/c1-33(2)13-12-30-26(35)23-16-20-25(38-23)22(10-11-29-20)36-21-9-8-18(15-19(21)28)31-27(37)32-24(34)14-17-6-4-3-5-7-17/h3-11,15-16H,12-14H2,1-2H3,(H,30,35)(H2,31,32,34,37). The van der Waals surface area contributed by atoms with Gasteiger partial charge < -0.3 is 25.6 Å². The van der Waals surface area contributed by atoms with Gasteiger partial charge in [0.2, 0.25) is 5.91 Å². The van der Waals surface area contributed by atoms with E-state index in [1.54, 1.807) is 24.4 Å². The van der Waals surface area contributed by atoms with Gasteiger partial charge in [-0.1, -0.05) is 30.3 Å². The molecule has 2 aromatic heterocycles. The van der Waals surface area contributed by atoms with Gasteiger partial charge in [-0.05, 0) is 50.1 Å². The number of benzene rings is 2. The Labute approximate surface area is 228 Å². The molecule has 4 aromatic rings. The number of nitrogens with zero attached hydrogens (tertiary/aromatic N) is 2. The Hall–Kier alpha value is -3.93. The van der Waals surface area contributed by atoms with E-state index in [4.69, 9.17) is 17.0 Å². The monoisotopic (exact) mass is 551 g/mol. The third-order valence-corrected chi connectivity index (χ3v) is 6.66. The molecule has 0 atom stereocenters. The van der Waals surface area contributed by atoms with Crippen molar-refractivity contribution in [3.8, 4) is 11.5 Å². The fourth-order valence-electron chi connectivity index (χ4n) is 3.48. The van der Waals surface area contributed by atoms with Gasteiger partial charge >= 0.3 is 0 Å². The Balaban J connectivity index is 1.39. The minimum atomic E-state index is -0.628. The molecular weight excluding hydrogens is 525 g/mol. The van der Waals surface area contributed by atoms with E-state index in [1.165, 1.54) is 23.5 Å². The van der Waals surface area contributed by atoms with Gasteiger partial charge in [-0.3, -0.25) is 14.6 Å². The zero-order valence-electron chi connectivity index (χ0n) is 20.8. The number of fused-ring (bicyclic) bond motifs is 1. The van der Waals surface area contributed by atoms with Crippen molar-refractivity contribution < 1.29 is 18.7 Å². The molecule has 0 radical (unpaired) electrons. The molecule has 0 unspecified atom stereocenters. The molecule has 0 saturated heterocycles. The number of hydrogen-bond acceptors (Lipinski definition) is 7. The summed E-state index contributed by atoms with van der Waals surface area (Å²) >= 11 is 6.42. The molecular formula is C27H26FN5O3S2. The summed E-state index contributed by atoms with van der Waals surface area (Å²) in [6.07, 6.45) is 1.72. The number of hydrogen-bond donors (Lipinski definition) is 3. The lowest BCUT2D eigenvalue weighted by Gasteiger charge is -2.12. The molecule has 0 aliphatic rings. The van der Waals surface area contributed by atoms with Crippen LogP contribution < -0.4 is 20.7 Å². The second-order valence-electron chi connectivity index (χ2n) is 8.61. The van der Waals surface area contributed by atoms with E-state index < -0.39 is 5.82 Å². The Morgan fingerprint density at radius 1 is 1.08 bits per heavy atom. The topological polar surface area (TPSA) is 95.6 Å². The molecule has 2 aromatic carbocycles. The lowest BCUT2D eigenvalue weighted by Crippen LogP contribution is -2.35. The Bertz CT molecular complexity index is 1460. The molecule has 0 bridgehead atoms. The first-order chi connectivity index (χ1) is 18.3. The fourth-order valence-corrected chi connectivity index (χ4v) is 4.69. The van der Waals surface area contributed by atoms with Crippen LogP contribution in [0.3, 0.4) is 0 Å². The van der Waals surface area contributed by atoms with E-state index in [0.717, 1.165) is 12.1 Å². The van der Waals surface area contributed by atoms with Crippen LogP contribution >= 0.6 is 23.6 Å². The van der Waals surface area contributed by atoms with E-state index in [1.807, 2.05) is 49.3 Å². The number of ether oxygens (including phenoxy) is 1. The molecule has 38 heavy (non-hydrogen) atoms. The first-order valence-corrected chi connectivity index (χ1v) is 12.9. The SMILES string of the molecule is CN(C)CCNC(=O)c1cc2nccc(Oc3ccc(NC(=S)NC(=O)Cc4ccccc4)cc3F)c2s1. The van der Waals surface area contributed by atoms with Gasteiger partial charge in [0.05, 0.1) is 21.5 Å². The third kappa shape index (κ3) is 7.31. The number of aromatic nitrogens is 1. The van der Waals surface area contributed by atoms with Crippen molar-refractivity contribution in [1.29, 1.82) is 0 Å². The predicted octanol–water partition coefficient (Wildman–Crippen LogP) is 4.57. The Kier molecular flexibility index (Phi) is 8.95. The highest BCUT2D eigenvalue weighted by Gasteiger charge is 2.16. The number of thiophene rings is 1. The number of anilines is 1. The van der Waals surface area contributed by atoms with Gasteiger partial charge in [0, 0.05) is 37.1 Å². The summed E-state index contributed by atoms with van der Waals surface area (Å²) in [6.45, 7) is 1.24. The summed E-state index contributed by atoms with van der Waals surface area (Å²) in [5, 5.41) is 8.33. The van der Waals surface area contributed by atoms with Crippen molar-refractivity contribution in [3.05, 3.63) is 83.1 Å². The van der Waals surface area contributed by atoms with Gasteiger partial charge in [0.15, 0.2) is 16.7 Å². The molecule has 4 rings (SSSR count). The molecule has 0 fully saturated rings. The Morgan fingerprint density at radius 3 is 2.61 bits per heavy atom. The predicted molar refractivity (Wildman–Crippen MR) is 151 cm³/mol. The summed E-state index contributed by atoms with van der Waals surface area (Å²) < 4.78 is 21.4. The molecule has 2 heterocycles. The maximum absolute atomic E-state index is 14.9. The van der Waals surface area contributed by atoms with E-state index in [9.17, 15) is 14.0 Å². The summed E-state index contributed by atoms with van der Waals surface area (Å²) in [7, 11) is 3.86. The van der Waals surface area contributed by atoms with Gasteiger partial charge in [-0.2, -0.15) is 0 Å². The maximum Gasteiger partial charge on any atom is 0.261 e. The van der Waals surface area contributed by atoms with Crippen LogP contribution in [0.25, 0.3) is 10.2 Å². The third-order valence-electron chi connectivity index (χ3n) is 5.31. The number of thiocarbonyl (C=S) groups is 1. The molecule has 11 heteroatoms. The van der Waals surface area contributed by atoms with Crippen LogP contribution in [-0.2, 0) is 11.2 Å². The summed E-state index contributed by atoms with van der Waals surface area (Å²) in [6, 6.07) is 16.8. The van der Waals surface area contributed by atoms with Crippen LogP contribution in [0.5, 0.6) is 11.5 Å². The lowest BCUT2D eigenvalue weighted by molar-refractivity contribution is -0.119. The van der Waals surface area contributed by atoms with Gasteiger partial charge in [-0.15, -0.1) is 11.3 Å². The number of nitrogens with one attached hydrogen (secondary N) is 3. The molecule has 0 saturated carbocycles. The fraction of sp³-hybridized carbons (Fsp3) is 0.185. The van der Waals surface area contributed by atoms with E-state index in [-0.39, 0.29) is 29.1 Å². The van der Waals surface area contributed by atoms with Gasteiger partial charge in [0.1, 0.15) is 5.75 Å². The average molecular weight is 552 g/mol. The number of carbonyl (C=O) groups is 2. The largest absolute Gasteiger partial charge is 0.453 e. The van der Waals surface area contributed by atoms with Crippen LogP contribution in [0, 0.1) is 5.82 Å². The lowest BCUT2D eigenvalue weighted by atomic mass is 10.1. The number of amides is 2. The van der Waals surface area contributed by atoms with Crippen molar-refractivity contribution in [2.45, 2.75) is 6.42 Å². The zero-order chi connectivity index (χ0) is 27.1. The molecule has 8 nitrogen and oxygen atoms in total. The first kappa shape index (κ1) is 27.1. The number of carbonyl (C=O) groups excluding carboxylic acids is 2. The smallest absolute Gasteiger partial charge is 0.261 e. The number of rotatable bonds is 9. The highest BCUT2D eigenvalue weighted by atomic mass is 32.1. The van der Waals surface area contributed by atoms with Crippen LogP contribution in [0.2, 0.25) is 0 Å². The first-order valence-electron chi connectivity index (χ1n) is 11.7. The van der Waals surface area contributed by atoms with Crippen molar-refractivity contribution in [2.75, 3.05) is 32.5 Å². The molecule has 196 valence electrons. The second kappa shape index (κ2) is 12.5. The van der Waals surface area contributed by atoms with Crippen molar-refractivity contribution in [1.82, 2.24) is 20.5 Å². The van der Waals surface area contributed by atoms with E-state index >= 15 is 0 Å². The molecule has 0 aliphatic heterocycles. The Morgan fingerprint density at radius 2 is 1.87 bits per heavy atom. The molecule has 2 amide bonds. The quantitative estimate of drug-likeness (QED) is 0.262. The molecule has 0 aliphatic carbocycles. The van der Waals surface area contributed by atoms with E-state index in [2.05, 4.69) is 20.9 Å². The van der Waals surface area contributed by atoms with Crippen molar-refractivity contribution in [3.63, 3.8) is 0 Å². The van der Waals surface area contributed by atoms with Gasteiger partial charge in [-0.25, -0.2) is 4.39 Å². The second-order valence-corrected chi connectivity index (χ2v) is 10.1. The van der Waals surface area contributed by atoms with Crippen LogP contribution in [-0.4, -0.2) is 54.0 Å². The number of likely N-dealkylation sites (N-methyl/N-ethyl adjacent to an activating group) is 1. The minimum Gasteiger partial charge on any atom is -0.453 e. The highest BCUT2D eigenvalue weighted by molar-refractivity contribution is 7.80. The minimum absolute atomic E-state index is 0.00698. The van der Waals surface area contributed by atoms with Crippen molar-refractivity contribution in [2.24, 2.45) is 0 Å². The number of pyridine rings is 1. The molecule has 0 spiro atoms.